The number of rotatable bonds is 9. The van der Waals surface area contributed by atoms with E-state index in [2.05, 4.69) is 46.9 Å². The van der Waals surface area contributed by atoms with Crippen molar-refractivity contribution in [2.45, 2.75) is 39.7 Å². The van der Waals surface area contributed by atoms with Crippen LogP contribution in [0.25, 0.3) is 22.3 Å². The molecule has 1 N–H and O–H groups in total. The minimum Gasteiger partial charge on any atom is -0.367 e. The van der Waals surface area contributed by atoms with Gasteiger partial charge in [0.25, 0.3) is 0 Å². The zero-order valence-corrected chi connectivity index (χ0v) is 19.6. The van der Waals surface area contributed by atoms with E-state index >= 15 is 0 Å². The van der Waals surface area contributed by atoms with Gasteiger partial charge in [-0.25, -0.2) is 9.97 Å². The van der Waals surface area contributed by atoms with Gasteiger partial charge in [-0.1, -0.05) is 53.5 Å². The van der Waals surface area contributed by atoms with Crippen LogP contribution in [0.3, 0.4) is 0 Å². The van der Waals surface area contributed by atoms with E-state index in [1.54, 1.807) is 0 Å². The highest BCUT2D eigenvalue weighted by molar-refractivity contribution is 9.10. The molecule has 154 valence electrons. The fourth-order valence-electron chi connectivity index (χ4n) is 3.41. The number of anilines is 1. The molecule has 0 amide bonds. The van der Waals surface area contributed by atoms with Crippen LogP contribution in [0.15, 0.2) is 46.9 Å². The van der Waals surface area contributed by atoms with Crippen molar-refractivity contribution >= 4 is 44.3 Å². The Morgan fingerprint density at radius 1 is 1.07 bits per heavy atom. The van der Waals surface area contributed by atoms with Gasteiger partial charge >= 0.3 is 0 Å². The predicted molar refractivity (Wildman–Crippen MR) is 128 cm³/mol. The van der Waals surface area contributed by atoms with Gasteiger partial charge in [0.2, 0.25) is 0 Å². The highest BCUT2D eigenvalue weighted by atomic mass is 79.9. The lowest BCUT2D eigenvalue weighted by molar-refractivity contribution is 0.295. The van der Waals surface area contributed by atoms with Crippen molar-refractivity contribution in [3.05, 3.63) is 52.0 Å². The maximum Gasteiger partial charge on any atom is 0.162 e. The number of nitrogens with zero attached hydrogens (tertiary/aromatic N) is 3. The lowest BCUT2D eigenvalue weighted by Gasteiger charge is -2.20. The van der Waals surface area contributed by atoms with Crippen LogP contribution in [-0.4, -0.2) is 40.5 Å². The highest BCUT2D eigenvalue weighted by Crippen LogP contribution is 2.28. The molecule has 0 fully saturated rings. The second kappa shape index (κ2) is 10.4. The summed E-state index contributed by atoms with van der Waals surface area (Å²) in [6.45, 7) is 9.98. The van der Waals surface area contributed by atoms with Crippen LogP contribution < -0.4 is 5.32 Å². The minimum atomic E-state index is 0.317. The van der Waals surface area contributed by atoms with E-state index in [0.717, 1.165) is 59.2 Å². The monoisotopic (exact) mass is 474 g/mol. The van der Waals surface area contributed by atoms with Crippen molar-refractivity contribution in [2.24, 2.45) is 0 Å². The van der Waals surface area contributed by atoms with Gasteiger partial charge in [-0.2, -0.15) is 0 Å². The Kier molecular flexibility index (Phi) is 7.87. The van der Waals surface area contributed by atoms with Crippen LogP contribution in [0.1, 0.15) is 33.6 Å². The summed E-state index contributed by atoms with van der Waals surface area (Å²) in [4.78, 5) is 12.1. The summed E-state index contributed by atoms with van der Waals surface area (Å²) in [5.41, 5.74) is 1.83. The number of hydrogen-bond acceptors (Lipinski definition) is 4. The molecule has 1 unspecified atom stereocenters. The topological polar surface area (TPSA) is 41.0 Å². The van der Waals surface area contributed by atoms with Crippen molar-refractivity contribution in [1.29, 1.82) is 0 Å². The molecule has 1 atom stereocenters. The molecule has 4 nitrogen and oxygen atoms in total. The lowest BCUT2D eigenvalue weighted by Crippen LogP contribution is -2.25. The molecule has 0 saturated carbocycles. The van der Waals surface area contributed by atoms with Gasteiger partial charge in [-0.05, 0) is 69.7 Å². The summed E-state index contributed by atoms with van der Waals surface area (Å²) in [7, 11) is 0. The summed E-state index contributed by atoms with van der Waals surface area (Å²) < 4.78 is 1.03. The van der Waals surface area contributed by atoms with E-state index in [1.165, 1.54) is 0 Å². The first-order chi connectivity index (χ1) is 14.0. The zero-order valence-electron chi connectivity index (χ0n) is 17.3. The normalized spacial score (nSPS) is 12.5. The largest absolute Gasteiger partial charge is 0.367 e. The molecule has 0 spiro atoms. The van der Waals surface area contributed by atoms with Crippen molar-refractivity contribution in [2.75, 3.05) is 25.0 Å². The Morgan fingerprint density at radius 2 is 1.79 bits per heavy atom. The molecule has 1 aromatic heterocycles. The predicted octanol–water partition coefficient (Wildman–Crippen LogP) is 6.64. The van der Waals surface area contributed by atoms with E-state index < -0.39 is 0 Å². The van der Waals surface area contributed by atoms with Gasteiger partial charge in [0.05, 0.1) is 5.52 Å². The summed E-state index contributed by atoms with van der Waals surface area (Å²) in [6, 6.07) is 14.2. The summed E-state index contributed by atoms with van der Waals surface area (Å²) >= 11 is 9.71. The van der Waals surface area contributed by atoms with Crippen LogP contribution in [0, 0.1) is 0 Å². The average molecular weight is 476 g/mol. The minimum absolute atomic E-state index is 0.317. The molecule has 0 radical (unpaired) electrons. The first-order valence-corrected chi connectivity index (χ1v) is 11.4. The molecule has 0 saturated heterocycles. The average Bonchev–Trinajstić information content (AvgIpc) is 2.71. The Bertz CT molecular complexity index is 942. The molecule has 3 aromatic rings. The molecule has 29 heavy (non-hydrogen) atoms. The Balaban J connectivity index is 1.84. The maximum absolute atomic E-state index is 6.23. The van der Waals surface area contributed by atoms with Crippen LogP contribution >= 0.6 is 27.5 Å². The fourth-order valence-corrected chi connectivity index (χ4v) is 3.84. The number of nitrogens with one attached hydrogen (secondary N) is 1. The number of halogens is 2. The van der Waals surface area contributed by atoms with E-state index in [1.807, 2.05) is 42.5 Å². The van der Waals surface area contributed by atoms with E-state index in [0.29, 0.717) is 16.9 Å². The number of aromatic nitrogens is 2. The Morgan fingerprint density at radius 3 is 2.48 bits per heavy atom. The molecular weight excluding hydrogens is 448 g/mol. The van der Waals surface area contributed by atoms with Gasteiger partial charge < -0.3 is 10.2 Å². The molecule has 0 aliphatic heterocycles. The first-order valence-electron chi connectivity index (χ1n) is 10.2. The third kappa shape index (κ3) is 5.91. The Labute approximate surface area is 186 Å². The van der Waals surface area contributed by atoms with E-state index in [4.69, 9.17) is 21.6 Å². The van der Waals surface area contributed by atoms with Crippen molar-refractivity contribution in [3.8, 4) is 11.4 Å². The zero-order chi connectivity index (χ0) is 20.8. The summed E-state index contributed by atoms with van der Waals surface area (Å²) in [5.74, 6) is 1.56. The maximum atomic E-state index is 6.23. The Hall–Kier alpha value is -1.69. The smallest absolute Gasteiger partial charge is 0.162 e. The first kappa shape index (κ1) is 22.0. The number of fused-ring (bicyclic) bond motifs is 1. The quantitative estimate of drug-likeness (QED) is 0.377. The van der Waals surface area contributed by atoms with Gasteiger partial charge in [0.1, 0.15) is 5.82 Å². The molecule has 6 heteroatoms. The fraction of sp³-hybridized carbons (Fsp3) is 0.391. The van der Waals surface area contributed by atoms with Gasteiger partial charge in [-0.3, -0.25) is 0 Å². The third-order valence-corrected chi connectivity index (χ3v) is 5.91. The second-order valence-corrected chi connectivity index (χ2v) is 8.63. The molecular formula is C23H28BrClN4. The molecule has 2 aromatic carbocycles. The highest BCUT2D eigenvalue weighted by Gasteiger charge is 2.13. The SMILES string of the molecule is CCN(CC)CCCC(C)Nc1nc(-c2ccc(Br)cc2)nc2cc(Cl)ccc12. The molecule has 0 aliphatic rings. The van der Waals surface area contributed by atoms with Gasteiger partial charge in [0.15, 0.2) is 5.82 Å². The van der Waals surface area contributed by atoms with Crippen molar-refractivity contribution in [3.63, 3.8) is 0 Å². The van der Waals surface area contributed by atoms with Gasteiger partial charge in [0, 0.05) is 26.5 Å². The summed E-state index contributed by atoms with van der Waals surface area (Å²) in [5, 5.41) is 5.28. The van der Waals surface area contributed by atoms with Crippen LogP contribution in [0.4, 0.5) is 5.82 Å². The van der Waals surface area contributed by atoms with Gasteiger partial charge in [-0.15, -0.1) is 0 Å². The molecule has 0 bridgehead atoms. The third-order valence-electron chi connectivity index (χ3n) is 5.15. The van der Waals surface area contributed by atoms with E-state index in [-0.39, 0.29) is 0 Å². The standard InChI is InChI=1S/C23H28BrClN4/c1-4-29(5-2)14-6-7-16(3)26-23-20-13-12-19(25)15-21(20)27-22(28-23)17-8-10-18(24)11-9-17/h8-13,15-16H,4-7,14H2,1-3H3,(H,26,27,28). The van der Waals surface area contributed by atoms with Crippen LogP contribution in [0.2, 0.25) is 5.02 Å². The van der Waals surface area contributed by atoms with E-state index in [9.17, 15) is 0 Å². The second-order valence-electron chi connectivity index (χ2n) is 7.28. The van der Waals surface area contributed by atoms with Crippen molar-refractivity contribution in [1.82, 2.24) is 14.9 Å². The van der Waals surface area contributed by atoms with Crippen LogP contribution in [-0.2, 0) is 0 Å². The number of hydrogen-bond donors (Lipinski definition) is 1. The number of benzene rings is 2. The molecule has 0 aliphatic carbocycles. The molecule has 3 rings (SSSR count). The lowest BCUT2D eigenvalue weighted by atomic mass is 10.1. The molecule has 1 heterocycles. The summed E-state index contributed by atoms with van der Waals surface area (Å²) in [6.07, 6.45) is 2.24. The van der Waals surface area contributed by atoms with Crippen molar-refractivity contribution < 1.29 is 0 Å². The van der Waals surface area contributed by atoms with Crippen LogP contribution in [0.5, 0.6) is 0 Å².